The number of aliphatic hydroxyl groups excluding tert-OH is 1. The molecule has 1 rings (SSSR count). The van der Waals surface area contributed by atoms with Gasteiger partial charge in [-0.05, 0) is 19.8 Å². The second-order valence-corrected chi connectivity index (χ2v) is 5.48. The van der Waals surface area contributed by atoms with E-state index in [2.05, 4.69) is 0 Å². The zero-order valence-corrected chi connectivity index (χ0v) is 7.47. The first kappa shape index (κ1) is 9.00. The molecule has 66 valence electrons. The molecule has 0 aromatic carbocycles. The fraction of sp³-hybridized carbons (Fsp3) is 1.00. The van der Waals surface area contributed by atoms with Gasteiger partial charge in [0.25, 0.3) is 0 Å². The van der Waals surface area contributed by atoms with E-state index in [-0.39, 0.29) is 5.75 Å². The van der Waals surface area contributed by atoms with Gasteiger partial charge in [0, 0.05) is 0 Å². The second-order valence-electron chi connectivity index (χ2n) is 3.14. The molecule has 2 unspecified atom stereocenters. The third-order valence-electron chi connectivity index (χ3n) is 2.17. The summed E-state index contributed by atoms with van der Waals surface area (Å²) in [6.45, 7) is 1.55. The second kappa shape index (κ2) is 3.11. The van der Waals surface area contributed by atoms with E-state index in [0.29, 0.717) is 6.42 Å². The predicted octanol–water partition coefficient (Wildman–Crippen LogP) is 0.335. The molecule has 0 spiro atoms. The van der Waals surface area contributed by atoms with Gasteiger partial charge in [-0.1, -0.05) is 6.42 Å². The van der Waals surface area contributed by atoms with Gasteiger partial charge >= 0.3 is 0 Å². The van der Waals surface area contributed by atoms with Crippen molar-refractivity contribution in [2.24, 2.45) is 0 Å². The maximum atomic E-state index is 11.3. The maximum Gasteiger partial charge on any atom is 0.155 e. The summed E-state index contributed by atoms with van der Waals surface area (Å²) in [6.07, 6.45) is 1.60. The van der Waals surface area contributed by atoms with E-state index in [1.54, 1.807) is 6.92 Å². The largest absolute Gasteiger partial charge is 0.392 e. The van der Waals surface area contributed by atoms with Gasteiger partial charge in [0.05, 0.1) is 17.1 Å². The van der Waals surface area contributed by atoms with E-state index in [1.165, 1.54) is 0 Å². The molecule has 1 saturated heterocycles. The van der Waals surface area contributed by atoms with Crippen LogP contribution in [0.3, 0.4) is 0 Å². The van der Waals surface area contributed by atoms with Crippen molar-refractivity contribution in [3.63, 3.8) is 0 Å². The summed E-state index contributed by atoms with van der Waals surface area (Å²) in [5, 5.41) is 8.63. The summed E-state index contributed by atoms with van der Waals surface area (Å²) < 4.78 is 22.5. The van der Waals surface area contributed by atoms with E-state index in [4.69, 9.17) is 5.11 Å². The molecule has 0 amide bonds. The molecule has 1 fully saturated rings. The van der Waals surface area contributed by atoms with Crippen LogP contribution in [0.4, 0.5) is 0 Å². The first-order valence-electron chi connectivity index (χ1n) is 3.93. The normalized spacial score (nSPS) is 33.1. The molecular formula is C7H14O3S. The van der Waals surface area contributed by atoms with Crippen LogP contribution in [-0.2, 0) is 9.84 Å². The Morgan fingerprint density at radius 3 is 2.45 bits per heavy atom. The lowest BCUT2D eigenvalue weighted by Crippen LogP contribution is -2.36. The van der Waals surface area contributed by atoms with Crippen LogP contribution in [-0.4, -0.2) is 30.6 Å². The Hall–Kier alpha value is -0.0900. The fourth-order valence-corrected chi connectivity index (χ4v) is 3.56. The Labute approximate surface area is 67.3 Å². The maximum absolute atomic E-state index is 11.3. The monoisotopic (exact) mass is 178 g/mol. The molecule has 1 aliphatic rings. The number of hydrogen-bond donors (Lipinski definition) is 1. The van der Waals surface area contributed by atoms with Crippen LogP contribution in [0.5, 0.6) is 0 Å². The first-order valence-corrected chi connectivity index (χ1v) is 5.65. The third-order valence-corrected chi connectivity index (χ3v) is 4.58. The molecule has 0 saturated carbocycles. The molecule has 1 heterocycles. The molecule has 0 bridgehead atoms. The molecule has 0 aromatic rings. The van der Waals surface area contributed by atoms with Gasteiger partial charge in [0.15, 0.2) is 9.84 Å². The van der Waals surface area contributed by atoms with Crippen molar-refractivity contribution in [3.8, 4) is 0 Å². The summed E-state index contributed by atoms with van der Waals surface area (Å²) >= 11 is 0. The predicted molar refractivity (Wildman–Crippen MR) is 43.1 cm³/mol. The van der Waals surface area contributed by atoms with Crippen molar-refractivity contribution in [1.82, 2.24) is 0 Å². The highest BCUT2D eigenvalue weighted by molar-refractivity contribution is 7.92. The van der Waals surface area contributed by atoms with E-state index in [0.717, 1.165) is 12.8 Å². The first-order chi connectivity index (χ1) is 5.04. The molecule has 0 aromatic heterocycles. The van der Waals surface area contributed by atoms with Crippen molar-refractivity contribution in [1.29, 1.82) is 0 Å². The average molecular weight is 178 g/mol. The van der Waals surface area contributed by atoms with Crippen LogP contribution in [0, 0.1) is 0 Å². The van der Waals surface area contributed by atoms with Gasteiger partial charge in [-0.3, -0.25) is 0 Å². The summed E-state index contributed by atoms with van der Waals surface area (Å²) in [6, 6.07) is 0. The van der Waals surface area contributed by atoms with E-state index >= 15 is 0 Å². The van der Waals surface area contributed by atoms with Crippen LogP contribution in [0.25, 0.3) is 0 Å². The number of hydrogen-bond acceptors (Lipinski definition) is 3. The smallest absolute Gasteiger partial charge is 0.155 e. The SMILES string of the molecule is CC(O)C1CCCCS1(=O)=O. The van der Waals surface area contributed by atoms with Crippen molar-refractivity contribution in [3.05, 3.63) is 0 Å². The molecule has 11 heavy (non-hydrogen) atoms. The minimum atomic E-state index is -2.97. The minimum absolute atomic E-state index is 0.253. The van der Waals surface area contributed by atoms with Crippen LogP contribution in [0.1, 0.15) is 26.2 Å². The molecule has 4 heteroatoms. The van der Waals surface area contributed by atoms with Gasteiger partial charge in [-0.2, -0.15) is 0 Å². The third kappa shape index (κ3) is 1.93. The van der Waals surface area contributed by atoms with Crippen molar-refractivity contribution in [2.45, 2.75) is 37.5 Å². The van der Waals surface area contributed by atoms with Crippen LogP contribution in [0.15, 0.2) is 0 Å². The van der Waals surface area contributed by atoms with Gasteiger partial charge < -0.3 is 5.11 Å². The summed E-state index contributed by atoms with van der Waals surface area (Å²) in [7, 11) is -2.97. The van der Waals surface area contributed by atoms with Crippen molar-refractivity contribution in [2.75, 3.05) is 5.75 Å². The average Bonchev–Trinajstić information content (AvgIpc) is 1.85. The highest BCUT2D eigenvalue weighted by atomic mass is 32.2. The molecule has 0 radical (unpaired) electrons. The molecule has 1 N–H and O–H groups in total. The van der Waals surface area contributed by atoms with Gasteiger partial charge in [-0.25, -0.2) is 8.42 Å². The molecule has 0 aliphatic carbocycles. The quantitative estimate of drug-likeness (QED) is 0.629. The Bertz CT molecular complexity index is 218. The van der Waals surface area contributed by atoms with Crippen molar-refractivity contribution >= 4 is 9.84 Å². The topological polar surface area (TPSA) is 54.4 Å². The Balaban J connectivity index is 2.76. The summed E-state index contributed by atoms with van der Waals surface area (Å²) in [5.74, 6) is 0.253. The highest BCUT2D eigenvalue weighted by Gasteiger charge is 2.31. The molecule has 1 aliphatic heterocycles. The van der Waals surface area contributed by atoms with E-state index < -0.39 is 21.2 Å². The molecular weight excluding hydrogens is 164 g/mol. The standard InChI is InChI=1S/C7H14O3S/c1-6(8)7-4-2-3-5-11(7,9)10/h6-8H,2-5H2,1H3. The summed E-state index contributed by atoms with van der Waals surface area (Å²) in [5.41, 5.74) is 0. The fourth-order valence-electron chi connectivity index (χ4n) is 1.52. The highest BCUT2D eigenvalue weighted by Crippen LogP contribution is 2.21. The van der Waals surface area contributed by atoms with Gasteiger partial charge in [0.1, 0.15) is 0 Å². The van der Waals surface area contributed by atoms with Crippen molar-refractivity contribution < 1.29 is 13.5 Å². The number of rotatable bonds is 1. The zero-order chi connectivity index (χ0) is 8.48. The summed E-state index contributed by atoms with van der Waals surface area (Å²) in [4.78, 5) is 0. The van der Waals surface area contributed by atoms with E-state index in [1.807, 2.05) is 0 Å². The minimum Gasteiger partial charge on any atom is -0.392 e. The Morgan fingerprint density at radius 1 is 1.45 bits per heavy atom. The van der Waals surface area contributed by atoms with Crippen LogP contribution in [0.2, 0.25) is 0 Å². The molecule has 2 atom stereocenters. The lowest BCUT2D eigenvalue weighted by atomic mass is 10.1. The lowest BCUT2D eigenvalue weighted by Gasteiger charge is -2.24. The Kier molecular flexibility index (Phi) is 2.54. The van der Waals surface area contributed by atoms with Gasteiger partial charge in [0.2, 0.25) is 0 Å². The van der Waals surface area contributed by atoms with Crippen LogP contribution >= 0.6 is 0 Å². The van der Waals surface area contributed by atoms with Crippen LogP contribution < -0.4 is 0 Å². The zero-order valence-electron chi connectivity index (χ0n) is 6.66. The lowest BCUT2D eigenvalue weighted by molar-refractivity contribution is 0.181. The molecule has 3 nitrogen and oxygen atoms in total. The van der Waals surface area contributed by atoms with Gasteiger partial charge in [-0.15, -0.1) is 0 Å². The Morgan fingerprint density at radius 2 is 2.09 bits per heavy atom. The van der Waals surface area contributed by atoms with E-state index in [9.17, 15) is 8.42 Å². The number of aliphatic hydroxyl groups is 1. The number of sulfone groups is 1.